The van der Waals surface area contributed by atoms with E-state index in [1.807, 2.05) is 0 Å². The lowest BCUT2D eigenvalue weighted by Crippen LogP contribution is -2.33. The molecule has 0 spiro atoms. The van der Waals surface area contributed by atoms with Crippen molar-refractivity contribution < 1.29 is 10.0 Å². The fourth-order valence-electron chi connectivity index (χ4n) is 0.847. The smallest absolute Gasteiger partial charge is 0.423 e. The zero-order valence-corrected chi connectivity index (χ0v) is 7.54. The molecule has 2 N–H and O–H groups in total. The van der Waals surface area contributed by atoms with Gasteiger partial charge in [-0.05, 0) is 34.5 Å². The van der Waals surface area contributed by atoms with Crippen LogP contribution < -0.4 is 5.46 Å². The number of hydrogen-bond acceptors (Lipinski definition) is 3. The maximum atomic E-state index is 8.87. The average Bonchev–Trinajstić information content (AvgIpc) is 1.85. The van der Waals surface area contributed by atoms with Gasteiger partial charge in [-0.1, -0.05) is 0 Å². The summed E-state index contributed by atoms with van der Waals surface area (Å²) in [6, 6.07) is 1.72. The Kier molecular flexibility index (Phi) is 2.65. The van der Waals surface area contributed by atoms with Crippen LogP contribution in [0.4, 0.5) is 0 Å². The molecule has 1 aromatic heterocycles. The summed E-state index contributed by atoms with van der Waals surface area (Å²) in [6.45, 7) is 1.79. The molecule has 11 heavy (non-hydrogen) atoms. The number of rotatable bonds is 1. The Morgan fingerprint density at radius 1 is 1.55 bits per heavy atom. The SMILES string of the molecule is Cc1ccnc(Br)c1B(O)O. The number of halogens is 1. The molecule has 0 aliphatic carbocycles. The molecule has 0 bridgehead atoms. The van der Waals surface area contributed by atoms with E-state index >= 15 is 0 Å². The van der Waals surface area contributed by atoms with E-state index in [0.717, 1.165) is 5.56 Å². The zero-order valence-electron chi connectivity index (χ0n) is 5.95. The predicted octanol–water partition coefficient (Wildman–Crippen LogP) is -0.168. The molecule has 0 fully saturated rings. The van der Waals surface area contributed by atoms with Gasteiger partial charge in [0.25, 0.3) is 0 Å². The summed E-state index contributed by atoms with van der Waals surface area (Å²) in [5.74, 6) is 0. The van der Waals surface area contributed by atoms with Gasteiger partial charge in [0.1, 0.15) is 4.60 Å². The van der Waals surface area contributed by atoms with Crippen LogP contribution in [-0.2, 0) is 0 Å². The Labute approximate surface area is 73.4 Å². The molecule has 0 aliphatic heterocycles. The monoisotopic (exact) mass is 215 g/mol. The molecule has 58 valence electrons. The van der Waals surface area contributed by atoms with Crippen LogP contribution in [0.3, 0.4) is 0 Å². The number of aryl methyl sites for hydroxylation is 1. The predicted molar refractivity (Wildman–Crippen MR) is 46.5 cm³/mol. The van der Waals surface area contributed by atoms with Crippen molar-refractivity contribution in [2.24, 2.45) is 0 Å². The quantitative estimate of drug-likeness (QED) is 0.506. The molecule has 3 nitrogen and oxygen atoms in total. The highest BCUT2D eigenvalue weighted by Crippen LogP contribution is 2.04. The maximum absolute atomic E-state index is 8.87. The molecule has 1 rings (SSSR count). The molecule has 0 unspecified atom stereocenters. The Morgan fingerprint density at radius 2 is 2.18 bits per heavy atom. The van der Waals surface area contributed by atoms with E-state index in [2.05, 4.69) is 20.9 Å². The highest BCUT2D eigenvalue weighted by molar-refractivity contribution is 9.10. The molecular formula is C6H7BBrNO2. The van der Waals surface area contributed by atoms with Crippen LogP contribution >= 0.6 is 15.9 Å². The second-order valence-corrected chi connectivity index (χ2v) is 2.96. The molecule has 5 heteroatoms. The summed E-state index contributed by atoms with van der Waals surface area (Å²) >= 11 is 3.12. The van der Waals surface area contributed by atoms with Crippen molar-refractivity contribution in [1.82, 2.24) is 4.98 Å². The van der Waals surface area contributed by atoms with Crippen molar-refractivity contribution in [3.63, 3.8) is 0 Å². The molecule has 0 atom stereocenters. The minimum absolute atomic E-state index is 0.424. The largest absolute Gasteiger partial charge is 0.491 e. The molecule has 0 saturated carbocycles. The summed E-state index contributed by atoms with van der Waals surface area (Å²) in [5, 5.41) is 17.7. The van der Waals surface area contributed by atoms with Gasteiger partial charge in [0.15, 0.2) is 0 Å². The van der Waals surface area contributed by atoms with E-state index in [9.17, 15) is 0 Å². The van der Waals surface area contributed by atoms with Gasteiger partial charge in [-0.2, -0.15) is 0 Å². The van der Waals surface area contributed by atoms with Crippen molar-refractivity contribution in [2.45, 2.75) is 6.92 Å². The van der Waals surface area contributed by atoms with Crippen LogP contribution in [0.2, 0.25) is 0 Å². The molecule has 0 aromatic carbocycles. The number of pyridine rings is 1. The van der Waals surface area contributed by atoms with Gasteiger partial charge >= 0.3 is 7.12 Å². The molecule has 0 amide bonds. The van der Waals surface area contributed by atoms with Crippen LogP contribution in [0.15, 0.2) is 16.9 Å². The van der Waals surface area contributed by atoms with Gasteiger partial charge in [-0.3, -0.25) is 0 Å². The van der Waals surface area contributed by atoms with Crippen molar-refractivity contribution in [3.05, 3.63) is 22.4 Å². The first-order valence-corrected chi connectivity index (χ1v) is 3.89. The molecule has 1 aromatic rings. The van der Waals surface area contributed by atoms with Crippen LogP contribution in [0.25, 0.3) is 0 Å². The molecular weight excluding hydrogens is 209 g/mol. The normalized spacial score (nSPS) is 9.82. The van der Waals surface area contributed by atoms with Crippen LogP contribution in [0, 0.1) is 6.92 Å². The van der Waals surface area contributed by atoms with Gasteiger partial charge in [-0.25, -0.2) is 4.98 Å². The number of hydrogen-bond donors (Lipinski definition) is 2. The van der Waals surface area contributed by atoms with E-state index < -0.39 is 7.12 Å². The Balaban J connectivity index is 3.21. The van der Waals surface area contributed by atoms with Gasteiger partial charge in [0.2, 0.25) is 0 Å². The molecule has 0 saturated heterocycles. The molecule has 0 aliphatic rings. The molecule has 0 radical (unpaired) electrons. The van der Waals surface area contributed by atoms with Gasteiger partial charge in [0, 0.05) is 11.7 Å². The first kappa shape index (κ1) is 8.71. The van der Waals surface area contributed by atoms with E-state index in [1.54, 1.807) is 19.2 Å². The lowest BCUT2D eigenvalue weighted by atomic mass is 9.79. The van der Waals surface area contributed by atoms with Gasteiger partial charge in [0.05, 0.1) is 0 Å². The zero-order chi connectivity index (χ0) is 8.43. The fourth-order valence-corrected chi connectivity index (χ4v) is 1.48. The van der Waals surface area contributed by atoms with E-state index in [4.69, 9.17) is 10.0 Å². The van der Waals surface area contributed by atoms with Crippen LogP contribution in [0.1, 0.15) is 5.56 Å². The first-order valence-electron chi connectivity index (χ1n) is 3.10. The molecule has 1 heterocycles. The van der Waals surface area contributed by atoms with Crippen molar-refractivity contribution in [3.8, 4) is 0 Å². The summed E-state index contributed by atoms with van der Waals surface area (Å²) < 4.78 is 0.479. The second-order valence-electron chi connectivity index (χ2n) is 2.21. The standard InChI is InChI=1S/C6H7BBrNO2/c1-4-2-3-9-6(8)5(4)7(10)11/h2-3,10-11H,1H3. The highest BCUT2D eigenvalue weighted by Gasteiger charge is 2.17. The first-order chi connectivity index (χ1) is 5.13. The third-order valence-corrected chi connectivity index (χ3v) is 2.05. The van der Waals surface area contributed by atoms with E-state index in [0.29, 0.717) is 10.1 Å². The van der Waals surface area contributed by atoms with Gasteiger partial charge < -0.3 is 10.0 Å². The van der Waals surface area contributed by atoms with Crippen LogP contribution in [-0.4, -0.2) is 22.2 Å². The summed E-state index contributed by atoms with van der Waals surface area (Å²) in [5.41, 5.74) is 1.23. The van der Waals surface area contributed by atoms with Crippen molar-refractivity contribution in [2.75, 3.05) is 0 Å². The van der Waals surface area contributed by atoms with E-state index in [-0.39, 0.29) is 0 Å². The van der Waals surface area contributed by atoms with Crippen molar-refractivity contribution in [1.29, 1.82) is 0 Å². The van der Waals surface area contributed by atoms with Crippen molar-refractivity contribution >= 4 is 28.5 Å². The fraction of sp³-hybridized carbons (Fsp3) is 0.167. The van der Waals surface area contributed by atoms with Crippen LogP contribution in [0.5, 0.6) is 0 Å². The third kappa shape index (κ3) is 1.80. The third-order valence-electron chi connectivity index (χ3n) is 1.42. The average molecular weight is 216 g/mol. The summed E-state index contributed by atoms with van der Waals surface area (Å²) in [7, 11) is -1.46. The lowest BCUT2D eigenvalue weighted by molar-refractivity contribution is 0.425. The number of nitrogens with zero attached hydrogens (tertiary/aromatic N) is 1. The van der Waals surface area contributed by atoms with Gasteiger partial charge in [-0.15, -0.1) is 0 Å². The second kappa shape index (κ2) is 3.34. The summed E-state index contributed by atoms with van der Waals surface area (Å²) in [6.07, 6.45) is 1.60. The Hall–Kier alpha value is -0.385. The minimum atomic E-state index is -1.46. The Bertz CT molecular complexity index is 247. The number of aromatic nitrogens is 1. The minimum Gasteiger partial charge on any atom is -0.423 e. The highest BCUT2D eigenvalue weighted by atomic mass is 79.9. The Morgan fingerprint density at radius 3 is 2.55 bits per heavy atom. The summed E-state index contributed by atoms with van der Waals surface area (Å²) in [4.78, 5) is 3.86. The van der Waals surface area contributed by atoms with E-state index in [1.165, 1.54) is 0 Å². The maximum Gasteiger partial charge on any atom is 0.491 e. The lowest BCUT2D eigenvalue weighted by Gasteiger charge is -2.04. The topological polar surface area (TPSA) is 53.4 Å².